The molecule has 0 saturated carbocycles. The normalized spacial score (nSPS) is 13.3. The largest absolute Gasteiger partial charge is 0.416 e. The molecular formula is C12H8BrF3N2O. The first-order chi connectivity index (χ1) is 8.89. The molecule has 19 heavy (non-hydrogen) atoms. The second-order valence-electron chi connectivity index (χ2n) is 3.78. The molecule has 100 valence electrons. The van der Waals surface area contributed by atoms with E-state index in [0.717, 1.165) is 12.1 Å². The van der Waals surface area contributed by atoms with Gasteiger partial charge in [-0.05, 0) is 33.6 Å². The Balaban J connectivity index is 2.31. The van der Waals surface area contributed by atoms with Gasteiger partial charge in [0.2, 0.25) is 0 Å². The molecule has 0 aliphatic carbocycles. The molecule has 0 spiro atoms. The van der Waals surface area contributed by atoms with Crippen LogP contribution in [0.5, 0.6) is 0 Å². The van der Waals surface area contributed by atoms with Crippen LogP contribution in [-0.4, -0.2) is 15.1 Å². The van der Waals surface area contributed by atoms with Gasteiger partial charge in [0.1, 0.15) is 12.4 Å². The molecule has 1 N–H and O–H groups in total. The molecule has 1 aromatic heterocycles. The smallest absolute Gasteiger partial charge is 0.382 e. The molecule has 2 rings (SSSR count). The zero-order chi connectivity index (χ0) is 14.0. The lowest BCUT2D eigenvalue weighted by Gasteiger charge is -2.13. The molecule has 0 saturated heterocycles. The number of aliphatic hydroxyl groups is 1. The van der Waals surface area contributed by atoms with Crippen molar-refractivity contribution in [3.63, 3.8) is 0 Å². The van der Waals surface area contributed by atoms with E-state index in [9.17, 15) is 18.3 Å². The highest BCUT2D eigenvalue weighted by molar-refractivity contribution is 9.10. The van der Waals surface area contributed by atoms with Crippen LogP contribution in [0.2, 0.25) is 0 Å². The van der Waals surface area contributed by atoms with Gasteiger partial charge in [-0.25, -0.2) is 9.97 Å². The molecule has 0 aliphatic heterocycles. The van der Waals surface area contributed by atoms with Crippen molar-refractivity contribution in [2.24, 2.45) is 0 Å². The zero-order valence-corrected chi connectivity index (χ0v) is 11.0. The first-order valence-corrected chi connectivity index (χ1v) is 5.99. The van der Waals surface area contributed by atoms with Crippen LogP contribution >= 0.6 is 15.9 Å². The number of hydrogen-bond acceptors (Lipinski definition) is 3. The summed E-state index contributed by atoms with van der Waals surface area (Å²) in [6.45, 7) is 0. The average molecular weight is 333 g/mol. The zero-order valence-electron chi connectivity index (χ0n) is 9.39. The lowest BCUT2D eigenvalue weighted by molar-refractivity contribution is -0.137. The summed E-state index contributed by atoms with van der Waals surface area (Å²) in [6, 6.07) is 4.30. The van der Waals surface area contributed by atoms with Crippen molar-refractivity contribution in [3.05, 3.63) is 58.1 Å². The fourth-order valence-corrected chi connectivity index (χ4v) is 1.97. The number of benzene rings is 1. The van der Waals surface area contributed by atoms with Crippen LogP contribution in [0.3, 0.4) is 0 Å². The quantitative estimate of drug-likeness (QED) is 0.917. The average Bonchev–Trinajstić information content (AvgIpc) is 2.38. The Kier molecular flexibility index (Phi) is 3.86. The third-order valence-electron chi connectivity index (χ3n) is 2.51. The fraction of sp³-hybridized carbons (Fsp3) is 0.167. The summed E-state index contributed by atoms with van der Waals surface area (Å²) in [5, 5.41) is 10.1. The molecule has 0 fully saturated rings. The molecule has 7 heteroatoms. The van der Waals surface area contributed by atoms with Gasteiger partial charge in [0, 0.05) is 6.20 Å². The lowest BCUT2D eigenvalue weighted by Crippen LogP contribution is -2.07. The Morgan fingerprint density at radius 2 is 1.79 bits per heavy atom. The van der Waals surface area contributed by atoms with Crippen molar-refractivity contribution in [3.8, 4) is 0 Å². The van der Waals surface area contributed by atoms with Gasteiger partial charge in [0.25, 0.3) is 0 Å². The topological polar surface area (TPSA) is 46.0 Å². The number of aliphatic hydroxyl groups excluding tert-OH is 1. The van der Waals surface area contributed by atoms with Crippen LogP contribution in [0, 0.1) is 0 Å². The Bertz CT molecular complexity index is 572. The van der Waals surface area contributed by atoms with E-state index in [4.69, 9.17) is 0 Å². The van der Waals surface area contributed by atoms with E-state index >= 15 is 0 Å². The Morgan fingerprint density at radius 1 is 1.16 bits per heavy atom. The predicted molar refractivity (Wildman–Crippen MR) is 65.2 cm³/mol. The van der Waals surface area contributed by atoms with Crippen molar-refractivity contribution in [2.45, 2.75) is 12.3 Å². The highest BCUT2D eigenvalue weighted by Crippen LogP contribution is 2.31. The van der Waals surface area contributed by atoms with E-state index in [0.29, 0.717) is 15.7 Å². The maximum absolute atomic E-state index is 12.4. The van der Waals surface area contributed by atoms with Crippen LogP contribution in [0.25, 0.3) is 0 Å². The highest BCUT2D eigenvalue weighted by atomic mass is 79.9. The summed E-state index contributed by atoms with van der Waals surface area (Å²) in [6.07, 6.45) is -2.79. The number of aromatic nitrogens is 2. The van der Waals surface area contributed by atoms with Crippen LogP contribution < -0.4 is 0 Å². The summed E-state index contributed by atoms with van der Waals surface area (Å²) in [4.78, 5) is 7.65. The molecule has 0 aliphatic rings. The maximum atomic E-state index is 12.4. The van der Waals surface area contributed by atoms with E-state index in [2.05, 4.69) is 25.9 Å². The number of nitrogens with zero attached hydrogens (tertiary/aromatic N) is 2. The van der Waals surface area contributed by atoms with Crippen LogP contribution in [-0.2, 0) is 6.18 Å². The van der Waals surface area contributed by atoms with Gasteiger partial charge in [0.05, 0.1) is 15.7 Å². The van der Waals surface area contributed by atoms with Gasteiger partial charge in [-0.3, -0.25) is 0 Å². The summed E-state index contributed by atoms with van der Waals surface area (Å²) in [5.74, 6) is 0. The molecule has 3 nitrogen and oxygen atoms in total. The summed E-state index contributed by atoms with van der Waals surface area (Å²) in [7, 11) is 0. The Labute approximate surface area is 115 Å². The Morgan fingerprint density at radius 3 is 2.32 bits per heavy atom. The van der Waals surface area contributed by atoms with E-state index in [1.807, 2.05) is 0 Å². The summed E-state index contributed by atoms with van der Waals surface area (Å²) in [5.41, 5.74) is -0.132. The summed E-state index contributed by atoms with van der Waals surface area (Å²) >= 11 is 3.18. The Hall–Kier alpha value is -1.47. The van der Waals surface area contributed by atoms with Crippen molar-refractivity contribution in [2.75, 3.05) is 0 Å². The second kappa shape index (κ2) is 5.26. The lowest BCUT2D eigenvalue weighted by atomic mass is 10.0. The first kappa shape index (κ1) is 14.0. The van der Waals surface area contributed by atoms with Crippen LogP contribution in [0.4, 0.5) is 13.2 Å². The fourth-order valence-electron chi connectivity index (χ4n) is 1.54. The SMILES string of the molecule is OC(c1ccc(C(F)(F)F)cc1)c1ncncc1Br. The maximum Gasteiger partial charge on any atom is 0.416 e. The van der Waals surface area contributed by atoms with E-state index < -0.39 is 17.8 Å². The molecule has 1 heterocycles. The van der Waals surface area contributed by atoms with Gasteiger partial charge in [0.15, 0.2) is 0 Å². The molecule has 0 radical (unpaired) electrons. The van der Waals surface area contributed by atoms with Crippen molar-refractivity contribution >= 4 is 15.9 Å². The van der Waals surface area contributed by atoms with Gasteiger partial charge in [-0.15, -0.1) is 0 Å². The van der Waals surface area contributed by atoms with Crippen molar-refractivity contribution in [1.82, 2.24) is 9.97 Å². The third kappa shape index (κ3) is 3.10. The van der Waals surface area contributed by atoms with Gasteiger partial charge < -0.3 is 5.11 Å². The number of halogens is 4. The third-order valence-corrected chi connectivity index (χ3v) is 3.12. The van der Waals surface area contributed by atoms with Crippen molar-refractivity contribution in [1.29, 1.82) is 0 Å². The molecule has 1 atom stereocenters. The molecule has 0 amide bonds. The minimum absolute atomic E-state index is 0.301. The molecule has 2 aromatic rings. The standard InChI is InChI=1S/C12H8BrF3N2O/c13-9-5-17-6-18-10(9)11(19)7-1-3-8(4-2-7)12(14,15)16/h1-6,11,19H. The van der Waals surface area contributed by atoms with Gasteiger partial charge in [-0.2, -0.15) is 13.2 Å². The minimum Gasteiger partial charge on any atom is -0.382 e. The number of alkyl halides is 3. The van der Waals surface area contributed by atoms with Crippen molar-refractivity contribution < 1.29 is 18.3 Å². The molecule has 1 unspecified atom stereocenters. The number of hydrogen-bond donors (Lipinski definition) is 1. The van der Waals surface area contributed by atoms with Crippen LogP contribution in [0.1, 0.15) is 22.9 Å². The minimum atomic E-state index is -4.39. The van der Waals surface area contributed by atoms with Crippen LogP contribution in [0.15, 0.2) is 41.3 Å². The highest BCUT2D eigenvalue weighted by Gasteiger charge is 2.30. The van der Waals surface area contributed by atoms with E-state index in [-0.39, 0.29) is 0 Å². The predicted octanol–water partition coefficient (Wildman–Crippen LogP) is 3.34. The van der Waals surface area contributed by atoms with Gasteiger partial charge in [-0.1, -0.05) is 12.1 Å². The molecular weight excluding hydrogens is 325 g/mol. The molecule has 1 aromatic carbocycles. The first-order valence-electron chi connectivity index (χ1n) is 5.20. The molecule has 0 bridgehead atoms. The van der Waals surface area contributed by atoms with E-state index in [1.54, 1.807) is 0 Å². The summed E-state index contributed by atoms with van der Waals surface area (Å²) < 4.78 is 37.7. The number of rotatable bonds is 2. The van der Waals surface area contributed by atoms with Gasteiger partial charge >= 0.3 is 6.18 Å². The second-order valence-corrected chi connectivity index (χ2v) is 4.63. The monoisotopic (exact) mass is 332 g/mol. The van der Waals surface area contributed by atoms with E-state index in [1.165, 1.54) is 24.7 Å².